The predicted octanol–water partition coefficient (Wildman–Crippen LogP) is 0.515. The first kappa shape index (κ1) is 14.2. The Morgan fingerprint density at radius 1 is 1.58 bits per heavy atom. The summed E-state index contributed by atoms with van der Waals surface area (Å²) < 4.78 is 26.7. The van der Waals surface area contributed by atoms with E-state index in [1.165, 1.54) is 10.5 Å². The van der Waals surface area contributed by atoms with Crippen molar-refractivity contribution in [2.24, 2.45) is 5.92 Å². The van der Waals surface area contributed by atoms with Gasteiger partial charge in [0.25, 0.3) is 0 Å². The summed E-state index contributed by atoms with van der Waals surface area (Å²) in [6.45, 7) is 2.24. The van der Waals surface area contributed by atoms with E-state index in [4.69, 9.17) is 0 Å². The minimum Gasteiger partial charge on any atom is -0.395 e. The fourth-order valence-electron chi connectivity index (χ4n) is 2.46. The molecule has 0 aromatic carbocycles. The normalized spacial score (nSPS) is 24.6. The Labute approximate surface area is 113 Å². The fraction of sp³-hybridized carbons (Fsp3) is 0.583. The Morgan fingerprint density at radius 3 is 2.95 bits per heavy atom. The number of pyridine rings is 1. The molecule has 0 amide bonds. The predicted molar refractivity (Wildman–Crippen MR) is 72.3 cm³/mol. The molecule has 106 valence electrons. The molecule has 0 bridgehead atoms. The van der Waals surface area contributed by atoms with Gasteiger partial charge in [-0.2, -0.15) is 4.31 Å². The van der Waals surface area contributed by atoms with Crippen LogP contribution in [0.4, 0.5) is 5.69 Å². The summed E-state index contributed by atoms with van der Waals surface area (Å²) in [6, 6.07) is 1.27. The zero-order valence-corrected chi connectivity index (χ0v) is 11.9. The highest BCUT2D eigenvalue weighted by Gasteiger charge is 2.40. The fourth-order valence-corrected chi connectivity index (χ4v) is 4.33. The van der Waals surface area contributed by atoms with Crippen molar-refractivity contribution >= 4 is 15.7 Å². The van der Waals surface area contributed by atoms with Crippen LogP contribution in [-0.4, -0.2) is 49.1 Å². The second-order valence-electron chi connectivity index (χ2n) is 4.75. The third kappa shape index (κ3) is 2.45. The van der Waals surface area contributed by atoms with Crippen LogP contribution >= 0.6 is 0 Å². The van der Waals surface area contributed by atoms with E-state index < -0.39 is 10.0 Å². The van der Waals surface area contributed by atoms with Gasteiger partial charge >= 0.3 is 0 Å². The molecular weight excluding hydrogens is 266 g/mol. The van der Waals surface area contributed by atoms with Gasteiger partial charge in [0.15, 0.2) is 0 Å². The average molecular weight is 285 g/mol. The Bertz CT molecular complexity index is 547. The summed E-state index contributed by atoms with van der Waals surface area (Å²) in [5, 5.41) is 12.3. The summed E-state index contributed by atoms with van der Waals surface area (Å²) in [7, 11) is -1.96. The van der Waals surface area contributed by atoms with Gasteiger partial charge in [-0.05, 0) is 18.4 Å². The molecule has 1 aromatic heterocycles. The summed E-state index contributed by atoms with van der Waals surface area (Å²) in [6.07, 6.45) is 3.65. The number of aliphatic hydroxyl groups is 1. The van der Waals surface area contributed by atoms with Crippen molar-refractivity contribution in [1.29, 1.82) is 0 Å². The van der Waals surface area contributed by atoms with E-state index in [0.29, 0.717) is 12.2 Å². The molecule has 2 atom stereocenters. The number of rotatable bonds is 4. The minimum absolute atomic E-state index is 0.157. The van der Waals surface area contributed by atoms with Crippen LogP contribution in [0.1, 0.15) is 13.3 Å². The van der Waals surface area contributed by atoms with E-state index in [9.17, 15) is 13.5 Å². The molecule has 1 aliphatic heterocycles. The smallest absolute Gasteiger partial charge is 0.247 e. The van der Waals surface area contributed by atoms with Gasteiger partial charge in [0, 0.05) is 26.0 Å². The highest BCUT2D eigenvalue weighted by molar-refractivity contribution is 7.89. The minimum atomic E-state index is -3.63. The first-order valence-corrected chi connectivity index (χ1v) is 7.71. The largest absolute Gasteiger partial charge is 0.395 e. The SMILES string of the molecule is CNc1ccncc1S(=O)(=O)N1CCC(C)C1CO. The molecule has 0 saturated carbocycles. The summed E-state index contributed by atoms with van der Waals surface area (Å²) in [5.74, 6) is 0.162. The van der Waals surface area contributed by atoms with E-state index in [-0.39, 0.29) is 23.5 Å². The Kier molecular flexibility index (Phi) is 4.07. The van der Waals surface area contributed by atoms with E-state index in [1.54, 1.807) is 19.3 Å². The maximum absolute atomic E-state index is 12.7. The van der Waals surface area contributed by atoms with Crippen LogP contribution in [0.2, 0.25) is 0 Å². The lowest BCUT2D eigenvalue weighted by molar-refractivity contribution is 0.191. The van der Waals surface area contributed by atoms with Crippen molar-refractivity contribution in [2.45, 2.75) is 24.3 Å². The van der Waals surface area contributed by atoms with Gasteiger partial charge in [0.05, 0.1) is 18.3 Å². The van der Waals surface area contributed by atoms with Gasteiger partial charge in [-0.1, -0.05) is 6.92 Å². The van der Waals surface area contributed by atoms with Crippen LogP contribution in [0.3, 0.4) is 0 Å². The van der Waals surface area contributed by atoms with E-state index in [0.717, 1.165) is 6.42 Å². The highest BCUT2D eigenvalue weighted by atomic mass is 32.2. The molecule has 0 radical (unpaired) electrons. The number of nitrogens with zero attached hydrogens (tertiary/aromatic N) is 2. The molecule has 1 fully saturated rings. The zero-order chi connectivity index (χ0) is 14.0. The molecule has 0 aliphatic carbocycles. The van der Waals surface area contributed by atoms with Gasteiger partial charge < -0.3 is 10.4 Å². The van der Waals surface area contributed by atoms with Gasteiger partial charge in [0.2, 0.25) is 10.0 Å². The third-order valence-electron chi connectivity index (χ3n) is 3.66. The van der Waals surface area contributed by atoms with Crippen LogP contribution in [0.5, 0.6) is 0 Å². The summed E-state index contributed by atoms with van der Waals surface area (Å²) in [5.41, 5.74) is 0.520. The van der Waals surface area contributed by atoms with Crippen LogP contribution in [0.25, 0.3) is 0 Å². The lowest BCUT2D eigenvalue weighted by atomic mass is 10.0. The monoisotopic (exact) mass is 285 g/mol. The number of aliphatic hydroxyl groups excluding tert-OH is 1. The topological polar surface area (TPSA) is 82.5 Å². The maximum atomic E-state index is 12.7. The van der Waals surface area contributed by atoms with Crippen molar-refractivity contribution in [2.75, 3.05) is 25.5 Å². The highest BCUT2D eigenvalue weighted by Crippen LogP contribution is 2.32. The van der Waals surface area contributed by atoms with Gasteiger partial charge in [0.1, 0.15) is 4.90 Å². The molecule has 7 heteroatoms. The van der Waals surface area contributed by atoms with Gasteiger partial charge in [-0.25, -0.2) is 8.42 Å². The van der Waals surface area contributed by atoms with Gasteiger partial charge in [-0.3, -0.25) is 4.98 Å². The van der Waals surface area contributed by atoms with Crippen molar-refractivity contribution < 1.29 is 13.5 Å². The van der Waals surface area contributed by atoms with Crippen molar-refractivity contribution in [1.82, 2.24) is 9.29 Å². The van der Waals surface area contributed by atoms with E-state index >= 15 is 0 Å². The number of hydrogen-bond donors (Lipinski definition) is 2. The maximum Gasteiger partial charge on any atom is 0.247 e. The first-order valence-electron chi connectivity index (χ1n) is 6.26. The van der Waals surface area contributed by atoms with Crippen LogP contribution < -0.4 is 5.32 Å². The lowest BCUT2D eigenvalue weighted by Gasteiger charge is -2.25. The summed E-state index contributed by atoms with van der Waals surface area (Å²) in [4.78, 5) is 4.05. The molecule has 6 nitrogen and oxygen atoms in total. The molecule has 2 unspecified atom stereocenters. The number of aromatic nitrogens is 1. The van der Waals surface area contributed by atoms with Gasteiger partial charge in [-0.15, -0.1) is 0 Å². The Balaban J connectivity index is 2.43. The molecule has 2 rings (SSSR count). The molecular formula is C12H19N3O3S. The quantitative estimate of drug-likeness (QED) is 0.842. The average Bonchev–Trinajstić information content (AvgIpc) is 2.80. The van der Waals surface area contributed by atoms with E-state index in [1.807, 2.05) is 6.92 Å². The molecule has 1 aromatic rings. The van der Waals surface area contributed by atoms with Crippen LogP contribution in [0, 0.1) is 5.92 Å². The molecule has 1 aliphatic rings. The standard InChI is InChI=1S/C12H19N3O3S/c1-9-4-6-15(11(9)8-16)19(17,18)12-7-14-5-3-10(12)13-2/h3,5,7,9,11,16H,4,6,8H2,1-2H3,(H,13,14). The number of hydrogen-bond acceptors (Lipinski definition) is 5. The van der Waals surface area contributed by atoms with Crippen molar-refractivity contribution in [3.05, 3.63) is 18.5 Å². The molecule has 0 spiro atoms. The number of sulfonamides is 1. The summed E-state index contributed by atoms with van der Waals surface area (Å²) >= 11 is 0. The molecule has 2 N–H and O–H groups in total. The Morgan fingerprint density at radius 2 is 2.32 bits per heavy atom. The van der Waals surface area contributed by atoms with Crippen LogP contribution in [0.15, 0.2) is 23.4 Å². The zero-order valence-electron chi connectivity index (χ0n) is 11.1. The lowest BCUT2D eigenvalue weighted by Crippen LogP contribution is -2.40. The second-order valence-corrected chi connectivity index (χ2v) is 6.61. The molecule has 19 heavy (non-hydrogen) atoms. The first-order chi connectivity index (χ1) is 9.02. The molecule has 1 saturated heterocycles. The van der Waals surface area contributed by atoms with Crippen molar-refractivity contribution in [3.8, 4) is 0 Å². The van der Waals surface area contributed by atoms with Crippen molar-refractivity contribution in [3.63, 3.8) is 0 Å². The van der Waals surface area contributed by atoms with Crippen LogP contribution in [-0.2, 0) is 10.0 Å². The van der Waals surface area contributed by atoms with E-state index in [2.05, 4.69) is 10.3 Å². The Hall–Kier alpha value is -1.18. The number of anilines is 1. The third-order valence-corrected chi connectivity index (χ3v) is 5.61. The number of nitrogens with one attached hydrogen (secondary N) is 1. The second kappa shape index (κ2) is 5.44. The molecule has 2 heterocycles.